The van der Waals surface area contributed by atoms with E-state index in [1.54, 1.807) is 7.11 Å². The van der Waals surface area contributed by atoms with Gasteiger partial charge in [-0.1, -0.05) is 0 Å². The highest BCUT2D eigenvalue weighted by molar-refractivity contribution is 5.34. The highest BCUT2D eigenvalue weighted by Crippen LogP contribution is 2.38. The third-order valence-electron chi connectivity index (χ3n) is 3.91. The van der Waals surface area contributed by atoms with E-state index in [0.717, 1.165) is 31.0 Å². The van der Waals surface area contributed by atoms with E-state index in [1.165, 1.54) is 19.3 Å². The van der Waals surface area contributed by atoms with Gasteiger partial charge in [0.05, 0.1) is 5.60 Å². The van der Waals surface area contributed by atoms with Crippen molar-refractivity contribution in [2.24, 2.45) is 0 Å². The molecular formula is C13H19N3O. The first-order chi connectivity index (χ1) is 8.31. The van der Waals surface area contributed by atoms with Crippen LogP contribution in [-0.2, 0) is 4.74 Å². The Labute approximate surface area is 102 Å². The molecular weight excluding hydrogens is 214 g/mol. The van der Waals surface area contributed by atoms with Crippen molar-refractivity contribution in [3.05, 3.63) is 18.1 Å². The molecule has 2 fully saturated rings. The maximum atomic E-state index is 5.58. The van der Waals surface area contributed by atoms with Crippen LogP contribution < -0.4 is 5.32 Å². The minimum atomic E-state index is 0.0463. The number of nitrogens with one attached hydrogen (secondary N) is 1. The SMILES string of the molecule is COC1(CNc2ccnc(C3CC3)n2)CCC1. The molecule has 3 rings (SSSR count). The fraction of sp³-hybridized carbons (Fsp3) is 0.692. The van der Waals surface area contributed by atoms with Gasteiger partial charge in [0.25, 0.3) is 0 Å². The van der Waals surface area contributed by atoms with Gasteiger partial charge < -0.3 is 10.1 Å². The molecule has 0 aliphatic heterocycles. The standard InChI is InChI=1S/C13H19N3O/c1-17-13(6-2-7-13)9-15-11-5-8-14-12(16-11)10-3-4-10/h5,8,10H,2-4,6-7,9H2,1H3,(H,14,15,16). The van der Waals surface area contributed by atoms with E-state index in [2.05, 4.69) is 15.3 Å². The van der Waals surface area contributed by atoms with E-state index in [1.807, 2.05) is 12.3 Å². The van der Waals surface area contributed by atoms with Crippen molar-refractivity contribution in [3.8, 4) is 0 Å². The largest absolute Gasteiger partial charge is 0.376 e. The van der Waals surface area contributed by atoms with Crippen molar-refractivity contribution in [2.45, 2.75) is 43.6 Å². The van der Waals surface area contributed by atoms with E-state index < -0.39 is 0 Å². The summed E-state index contributed by atoms with van der Waals surface area (Å²) in [6, 6.07) is 1.94. The molecule has 2 aliphatic carbocycles. The molecule has 1 aromatic heterocycles. The Morgan fingerprint density at radius 3 is 2.88 bits per heavy atom. The number of aromatic nitrogens is 2. The molecule has 0 amide bonds. The molecule has 92 valence electrons. The van der Waals surface area contributed by atoms with E-state index in [-0.39, 0.29) is 5.60 Å². The monoisotopic (exact) mass is 233 g/mol. The average Bonchev–Trinajstić information content (AvgIpc) is 3.12. The van der Waals surface area contributed by atoms with Gasteiger partial charge in [-0.3, -0.25) is 0 Å². The normalized spacial score (nSPS) is 21.9. The zero-order chi connectivity index (χ0) is 11.7. The smallest absolute Gasteiger partial charge is 0.133 e. The van der Waals surface area contributed by atoms with Crippen molar-refractivity contribution in [3.63, 3.8) is 0 Å². The van der Waals surface area contributed by atoms with E-state index in [0.29, 0.717) is 5.92 Å². The van der Waals surface area contributed by atoms with Gasteiger partial charge in [-0.25, -0.2) is 9.97 Å². The molecule has 0 bridgehead atoms. The van der Waals surface area contributed by atoms with Crippen molar-refractivity contribution >= 4 is 5.82 Å². The fourth-order valence-corrected chi connectivity index (χ4v) is 2.29. The summed E-state index contributed by atoms with van der Waals surface area (Å²) >= 11 is 0. The number of hydrogen-bond acceptors (Lipinski definition) is 4. The van der Waals surface area contributed by atoms with Crippen LogP contribution in [0.4, 0.5) is 5.82 Å². The van der Waals surface area contributed by atoms with Gasteiger partial charge in [0.1, 0.15) is 11.6 Å². The highest BCUT2D eigenvalue weighted by Gasteiger charge is 2.36. The van der Waals surface area contributed by atoms with Gasteiger partial charge >= 0.3 is 0 Å². The molecule has 1 heterocycles. The molecule has 0 spiro atoms. The average molecular weight is 233 g/mol. The van der Waals surface area contributed by atoms with Crippen LogP contribution in [0.3, 0.4) is 0 Å². The Morgan fingerprint density at radius 2 is 2.29 bits per heavy atom. The lowest BCUT2D eigenvalue weighted by atomic mass is 9.80. The molecule has 0 saturated heterocycles. The molecule has 2 saturated carbocycles. The number of ether oxygens (including phenoxy) is 1. The first kappa shape index (κ1) is 11.0. The van der Waals surface area contributed by atoms with Gasteiger partial charge in [0.15, 0.2) is 0 Å². The van der Waals surface area contributed by atoms with Crippen LogP contribution in [-0.4, -0.2) is 29.2 Å². The van der Waals surface area contributed by atoms with Gasteiger partial charge in [0, 0.05) is 25.8 Å². The minimum Gasteiger partial charge on any atom is -0.376 e. The second-order valence-corrected chi connectivity index (χ2v) is 5.17. The molecule has 1 N–H and O–H groups in total. The molecule has 0 radical (unpaired) electrons. The third kappa shape index (κ3) is 2.27. The summed E-state index contributed by atoms with van der Waals surface area (Å²) in [6.07, 6.45) is 7.90. The second-order valence-electron chi connectivity index (χ2n) is 5.17. The summed E-state index contributed by atoms with van der Waals surface area (Å²) in [4.78, 5) is 8.87. The van der Waals surface area contributed by atoms with Crippen molar-refractivity contribution < 1.29 is 4.74 Å². The van der Waals surface area contributed by atoms with Crippen LogP contribution >= 0.6 is 0 Å². The Morgan fingerprint density at radius 1 is 1.47 bits per heavy atom. The van der Waals surface area contributed by atoms with Crippen LogP contribution in [0.2, 0.25) is 0 Å². The van der Waals surface area contributed by atoms with Gasteiger partial charge in [-0.2, -0.15) is 0 Å². The molecule has 4 nitrogen and oxygen atoms in total. The summed E-state index contributed by atoms with van der Waals surface area (Å²) in [5, 5.41) is 3.39. The summed E-state index contributed by atoms with van der Waals surface area (Å²) in [5.74, 6) is 2.54. The Bertz CT molecular complexity index is 394. The molecule has 17 heavy (non-hydrogen) atoms. The zero-order valence-corrected chi connectivity index (χ0v) is 10.3. The van der Waals surface area contributed by atoms with Gasteiger partial charge in [0.2, 0.25) is 0 Å². The van der Waals surface area contributed by atoms with Gasteiger partial charge in [-0.15, -0.1) is 0 Å². The van der Waals surface area contributed by atoms with E-state index >= 15 is 0 Å². The minimum absolute atomic E-state index is 0.0463. The maximum absolute atomic E-state index is 5.58. The Hall–Kier alpha value is -1.16. The molecule has 0 aromatic carbocycles. The van der Waals surface area contributed by atoms with Crippen LogP contribution in [0.15, 0.2) is 12.3 Å². The number of nitrogens with zero attached hydrogens (tertiary/aromatic N) is 2. The molecule has 0 atom stereocenters. The lowest BCUT2D eigenvalue weighted by Crippen LogP contribution is -2.45. The topological polar surface area (TPSA) is 47.0 Å². The van der Waals surface area contributed by atoms with Crippen LogP contribution in [0.5, 0.6) is 0 Å². The third-order valence-corrected chi connectivity index (χ3v) is 3.91. The quantitative estimate of drug-likeness (QED) is 0.848. The number of rotatable bonds is 5. The number of anilines is 1. The lowest BCUT2D eigenvalue weighted by molar-refractivity contribution is -0.0601. The molecule has 4 heteroatoms. The van der Waals surface area contributed by atoms with E-state index in [4.69, 9.17) is 4.74 Å². The maximum Gasteiger partial charge on any atom is 0.133 e. The molecule has 0 unspecified atom stereocenters. The molecule has 1 aromatic rings. The predicted molar refractivity (Wildman–Crippen MR) is 66.1 cm³/mol. The van der Waals surface area contributed by atoms with Crippen LogP contribution in [0.1, 0.15) is 43.8 Å². The van der Waals surface area contributed by atoms with Crippen molar-refractivity contribution in [1.29, 1.82) is 0 Å². The number of methoxy groups -OCH3 is 1. The summed E-state index contributed by atoms with van der Waals surface area (Å²) in [6.45, 7) is 0.852. The summed E-state index contributed by atoms with van der Waals surface area (Å²) < 4.78 is 5.58. The fourth-order valence-electron chi connectivity index (χ4n) is 2.29. The van der Waals surface area contributed by atoms with Crippen LogP contribution in [0.25, 0.3) is 0 Å². The van der Waals surface area contributed by atoms with Crippen LogP contribution in [0, 0.1) is 0 Å². The van der Waals surface area contributed by atoms with E-state index in [9.17, 15) is 0 Å². The Kier molecular flexibility index (Phi) is 2.74. The first-order valence-electron chi connectivity index (χ1n) is 6.43. The van der Waals surface area contributed by atoms with Gasteiger partial charge in [-0.05, 0) is 38.2 Å². The highest BCUT2D eigenvalue weighted by atomic mass is 16.5. The lowest BCUT2D eigenvalue weighted by Gasteiger charge is -2.40. The summed E-state index contributed by atoms with van der Waals surface area (Å²) in [5.41, 5.74) is 0.0463. The zero-order valence-electron chi connectivity index (χ0n) is 10.3. The van der Waals surface area contributed by atoms with Crippen molar-refractivity contribution in [1.82, 2.24) is 9.97 Å². The Balaban J connectivity index is 1.62. The van der Waals surface area contributed by atoms with Crippen molar-refractivity contribution in [2.75, 3.05) is 19.0 Å². The number of hydrogen-bond donors (Lipinski definition) is 1. The predicted octanol–water partition coefficient (Wildman–Crippen LogP) is 2.33. The summed E-state index contributed by atoms with van der Waals surface area (Å²) in [7, 11) is 1.80. The first-order valence-corrected chi connectivity index (χ1v) is 6.43. The second kappa shape index (κ2) is 4.26. The molecule has 2 aliphatic rings.